The average molecular weight is 273 g/mol. The minimum Gasteiger partial charge on any atom is -0.335 e. The molecule has 1 aliphatic rings. The molecular weight excluding hydrogens is 250 g/mol. The first-order valence-electron chi connectivity index (χ1n) is 7.36. The first kappa shape index (κ1) is 14.8. The highest BCUT2D eigenvalue weighted by Crippen LogP contribution is 2.23. The van der Waals surface area contributed by atoms with Crippen LogP contribution in [-0.4, -0.2) is 29.2 Å². The van der Waals surface area contributed by atoms with E-state index in [0.717, 1.165) is 42.5 Å². The lowest BCUT2D eigenvalue weighted by Gasteiger charge is -2.35. The monoisotopic (exact) mass is 273 g/mol. The van der Waals surface area contributed by atoms with Gasteiger partial charge in [0.25, 0.3) is 5.91 Å². The second-order valence-electron chi connectivity index (χ2n) is 5.93. The van der Waals surface area contributed by atoms with E-state index < -0.39 is 0 Å². The van der Waals surface area contributed by atoms with Crippen molar-refractivity contribution < 1.29 is 9.59 Å². The molecule has 0 bridgehead atoms. The van der Waals surface area contributed by atoms with Crippen molar-refractivity contribution in [2.24, 2.45) is 0 Å². The van der Waals surface area contributed by atoms with Crippen LogP contribution in [0.4, 0.5) is 0 Å². The summed E-state index contributed by atoms with van der Waals surface area (Å²) in [4.78, 5) is 26.0. The van der Waals surface area contributed by atoms with Crippen LogP contribution in [0.15, 0.2) is 18.2 Å². The lowest BCUT2D eigenvalue weighted by molar-refractivity contribution is -0.118. The number of likely N-dealkylation sites (tertiary alicyclic amines) is 1. The number of aryl methyl sites for hydroxylation is 2. The number of nitrogens with zero attached hydrogens (tertiary/aromatic N) is 1. The first-order chi connectivity index (χ1) is 9.47. The molecule has 108 valence electrons. The van der Waals surface area contributed by atoms with Gasteiger partial charge in [-0.1, -0.05) is 17.2 Å². The van der Waals surface area contributed by atoms with E-state index in [1.165, 1.54) is 0 Å². The number of amides is 1. The standard InChI is InChI=1S/C17H23NO2/c1-12-8-13(2)10-15(9-12)17(20)18-7-5-4-6-16(18)11-14(3)19/h8-10,16H,4-7,11H2,1-3H3. The van der Waals surface area contributed by atoms with Crippen LogP contribution in [0, 0.1) is 13.8 Å². The minimum absolute atomic E-state index is 0.0720. The van der Waals surface area contributed by atoms with Crippen LogP contribution in [0.3, 0.4) is 0 Å². The summed E-state index contributed by atoms with van der Waals surface area (Å²) >= 11 is 0. The van der Waals surface area contributed by atoms with E-state index in [2.05, 4.69) is 6.07 Å². The van der Waals surface area contributed by atoms with Crippen LogP contribution in [0.2, 0.25) is 0 Å². The lowest BCUT2D eigenvalue weighted by Crippen LogP contribution is -2.44. The summed E-state index contributed by atoms with van der Waals surface area (Å²) in [6, 6.07) is 6.03. The smallest absolute Gasteiger partial charge is 0.254 e. The molecule has 0 N–H and O–H groups in total. The van der Waals surface area contributed by atoms with Gasteiger partial charge >= 0.3 is 0 Å². The quantitative estimate of drug-likeness (QED) is 0.847. The number of Topliss-reactive ketones (excluding diaryl/α,β-unsaturated/α-hetero) is 1. The minimum atomic E-state index is 0.0720. The topological polar surface area (TPSA) is 37.4 Å². The third-order valence-electron chi connectivity index (χ3n) is 3.88. The van der Waals surface area contributed by atoms with Crippen LogP contribution in [0.25, 0.3) is 0 Å². The second-order valence-corrected chi connectivity index (χ2v) is 5.93. The van der Waals surface area contributed by atoms with Crippen molar-refractivity contribution in [2.75, 3.05) is 6.54 Å². The van der Waals surface area contributed by atoms with Gasteiger partial charge in [-0.15, -0.1) is 0 Å². The average Bonchev–Trinajstić information content (AvgIpc) is 2.36. The van der Waals surface area contributed by atoms with Crippen molar-refractivity contribution in [2.45, 2.75) is 52.5 Å². The predicted octanol–water partition coefficient (Wildman–Crippen LogP) is 3.28. The lowest BCUT2D eigenvalue weighted by atomic mass is 9.96. The zero-order valence-corrected chi connectivity index (χ0v) is 12.6. The van der Waals surface area contributed by atoms with Crippen molar-refractivity contribution in [3.05, 3.63) is 34.9 Å². The molecule has 0 aliphatic carbocycles. The number of hydrogen-bond donors (Lipinski definition) is 0. The summed E-state index contributed by atoms with van der Waals surface area (Å²) in [5.41, 5.74) is 2.96. The molecule has 0 radical (unpaired) electrons. The normalized spacial score (nSPS) is 18.9. The summed E-state index contributed by atoms with van der Waals surface area (Å²) in [6.45, 7) is 6.39. The zero-order chi connectivity index (χ0) is 14.7. The molecule has 1 saturated heterocycles. The maximum atomic E-state index is 12.7. The molecule has 1 aromatic rings. The largest absolute Gasteiger partial charge is 0.335 e. The SMILES string of the molecule is CC(=O)CC1CCCCN1C(=O)c1cc(C)cc(C)c1. The molecule has 1 fully saturated rings. The highest BCUT2D eigenvalue weighted by atomic mass is 16.2. The Hall–Kier alpha value is -1.64. The maximum Gasteiger partial charge on any atom is 0.254 e. The van der Waals surface area contributed by atoms with Gasteiger partial charge in [0.2, 0.25) is 0 Å². The molecule has 2 rings (SSSR count). The summed E-state index contributed by atoms with van der Waals surface area (Å²) in [6.07, 6.45) is 3.56. The molecule has 3 nitrogen and oxygen atoms in total. The van der Waals surface area contributed by atoms with E-state index in [1.54, 1.807) is 6.92 Å². The number of carbonyl (C=O) groups excluding carboxylic acids is 2. The summed E-state index contributed by atoms with van der Waals surface area (Å²) in [5, 5.41) is 0. The van der Waals surface area contributed by atoms with Crippen molar-refractivity contribution in [1.82, 2.24) is 4.90 Å². The van der Waals surface area contributed by atoms with Gasteiger partial charge in [-0.05, 0) is 52.2 Å². The van der Waals surface area contributed by atoms with Gasteiger partial charge in [-0.3, -0.25) is 9.59 Å². The molecule has 1 heterocycles. The summed E-state index contributed by atoms with van der Waals surface area (Å²) < 4.78 is 0. The molecular formula is C17H23NO2. The van der Waals surface area contributed by atoms with Crippen molar-refractivity contribution in [3.63, 3.8) is 0 Å². The molecule has 0 aromatic heterocycles. The van der Waals surface area contributed by atoms with E-state index >= 15 is 0 Å². The first-order valence-corrected chi connectivity index (χ1v) is 7.36. The fourth-order valence-electron chi connectivity index (χ4n) is 3.08. The third kappa shape index (κ3) is 3.47. The molecule has 1 aliphatic heterocycles. The number of carbonyl (C=O) groups is 2. The van der Waals surface area contributed by atoms with E-state index in [9.17, 15) is 9.59 Å². The fraction of sp³-hybridized carbons (Fsp3) is 0.529. The fourth-order valence-corrected chi connectivity index (χ4v) is 3.08. The van der Waals surface area contributed by atoms with Crippen molar-refractivity contribution >= 4 is 11.7 Å². The Morgan fingerprint density at radius 3 is 2.40 bits per heavy atom. The summed E-state index contributed by atoms with van der Waals surface area (Å²) in [7, 11) is 0. The van der Waals surface area contributed by atoms with Crippen LogP contribution < -0.4 is 0 Å². The highest BCUT2D eigenvalue weighted by Gasteiger charge is 2.28. The van der Waals surface area contributed by atoms with E-state index in [1.807, 2.05) is 30.9 Å². The number of hydrogen-bond acceptors (Lipinski definition) is 2. The number of rotatable bonds is 3. The Morgan fingerprint density at radius 1 is 1.15 bits per heavy atom. The Labute approximate surface area is 121 Å². The molecule has 20 heavy (non-hydrogen) atoms. The number of piperidine rings is 1. The number of benzene rings is 1. The maximum absolute atomic E-state index is 12.7. The van der Waals surface area contributed by atoms with Gasteiger partial charge in [-0.25, -0.2) is 0 Å². The number of ketones is 1. The van der Waals surface area contributed by atoms with E-state index in [4.69, 9.17) is 0 Å². The van der Waals surface area contributed by atoms with Gasteiger partial charge in [-0.2, -0.15) is 0 Å². The molecule has 0 spiro atoms. The molecule has 1 aromatic carbocycles. The second kappa shape index (κ2) is 6.21. The molecule has 3 heteroatoms. The highest BCUT2D eigenvalue weighted by molar-refractivity contribution is 5.95. The van der Waals surface area contributed by atoms with Crippen LogP contribution in [0.1, 0.15) is 54.1 Å². The van der Waals surface area contributed by atoms with Gasteiger partial charge < -0.3 is 4.90 Å². The van der Waals surface area contributed by atoms with Crippen molar-refractivity contribution in [3.8, 4) is 0 Å². The summed E-state index contributed by atoms with van der Waals surface area (Å²) in [5.74, 6) is 0.234. The Kier molecular flexibility index (Phi) is 4.58. The Morgan fingerprint density at radius 2 is 1.80 bits per heavy atom. The Bertz CT molecular complexity index is 501. The third-order valence-corrected chi connectivity index (χ3v) is 3.88. The van der Waals surface area contributed by atoms with Gasteiger partial charge in [0.05, 0.1) is 0 Å². The van der Waals surface area contributed by atoms with Crippen molar-refractivity contribution in [1.29, 1.82) is 0 Å². The van der Waals surface area contributed by atoms with Crippen LogP contribution in [-0.2, 0) is 4.79 Å². The molecule has 1 unspecified atom stereocenters. The van der Waals surface area contributed by atoms with Crippen LogP contribution >= 0.6 is 0 Å². The van der Waals surface area contributed by atoms with E-state index in [0.29, 0.717) is 6.42 Å². The molecule has 1 amide bonds. The zero-order valence-electron chi connectivity index (χ0n) is 12.6. The van der Waals surface area contributed by atoms with Crippen LogP contribution in [0.5, 0.6) is 0 Å². The predicted molar refractivity (Wildman–Crippen MR) is 79.9 cm³/mol. The molecule has 1 atom stereocenters. The molecule has 0 saturated carbocycles. The van der Waals surface area contributed by atoms with Gasteiger partial charge in [0, 0.05) is 24.6 Å². The Balaban J connectivity index is 2.22. The van der Waals surface area contributed by atoms with Gasteiger partial charge in [0.1, 0.15) is 5.78 Å². The van der Waals surface area contributed by atoms with Gasteiger partial charge in [0.15, 0.2) is 0 Å². The van der Waals surface area contributed by atoms with E-state index in [-0.39, 0.29) is 17.7 Å².